The molecule has 0 aromatic carbocycles. The first-order chi connectivity index (χ1) is 10.7. The Kier molecular flexibility index (Phi) is 7.63. The van der Waals surface area contributed by atoms with Gasteiger partial charge in [0.2, 0.25) is 5.91 Å². The molecule has 2 rings (SSSR count). The first-order valence-electron chi connectivity index (χ1n) is 8.98. The van der Waals surface area contributed by atoms with E-state index >= 15 is 0 Å². The third-order valence-corrected chi connectivity index (χ3v) is 5.12. The molecule has 0 radical (unpaired) electrons. The maximum atomic E-state index is 11.0. The molecule has 3 N–H and O–H groups in total. The summed E-state index contributed by atoms with van der Waals surface area (Å²) < 4.78 is 0. The first-order valence-corrected chi connectivity index (χ1v) is 8.98. The van der Waals surface area contributed by atoms with E-state index in [0.29, 0.717) is 12.0 Å². The Balaban J connectivity index is 1.75. The van der Waals surface area contributed by atoms with Crippen molar-refractivity contribution in [3.8, 4) is 0 Å². The molecule has 0 spiro atoms. The average Bonchev–Trinajstić information content (AvgIpc) is 2.98. The van der Waals surface area contributed by atoms with Crippen LogP contribution < -0.4 is 10.6 Å². The smallest absolute Gasteiger partial charge is 0.216 e. The molecule has 1 aliphatic heterocycles. The number of hydrogen-bond donors (Lipinski definition) is 3. The van der Waals surface area contributed by atoms with Gasteiger partial charge < -0.3 is 15.7 Å². The van der Waals surface area contributed by atoms with Crippen molar-refractivity contribution < 1.29 is 9.90 Å². The topological polar surface area (TPSA) is 64.6 Å². The lowest BCUT2D eigenvalue weighted by Gasteiger charge is -2.38. The van der Waals surface area contributed by atoms with E-state index in [1.54, 1.807) is 6.92 Å². The van der Waals surface area contributed by atoms with Crippen LogP contribution in [0.4, 0.5) is 0 Å². The van der Waals surface area contributed by atoms with Crippen LogP contribution in [0.5, 0.6) is 0 Å². The summed E-state index contributed by atoms with van der Waals surface area (Å²) in [6, 6.07) is 0.531. The van der Waals surface area contributed by atoms with E-state index in [4.69, 9.17) is 0 Å². The van der Waals surface area contributed by atoms with Gasteiger partial charge in [0.15, 0.2) is 0 Å². The second-order valence-corrected chi connectivity index (χ2v) is 7.11. The van der Waals surface area contributed by atoms with Crippen LogP contribution >= 0.6 is 0 Å². The molecule has 5 heteroatoms. The Labute approximate surface area is 134 Å². The van der Waals surface area contributed by atoms with E-state index in [9.17, 15) is 9.90 Å². The summed E-state index contributed by atoms with van der Waals surface area (Å²) in [5.41, 5.74) is 0. The summed E-state index contributed by atoms with van der Waals surface area (Å²) in [4.78, 5) is 13.4. The van der Waals surface area contributed by atoms with Crippen LogP contribution in [0.15, 0.2) is 0 Å². The van der Waals surface area contributed by atoms with Crippen LogP contribution in [0, 0.1) is 11.8 Å². The van der Waals surface area contributed by atoms with Gasteiger partial charge >= 0.3 is 0 Å². The number of amides is 1. The summed E-state index contributed by atoms with van der Waals surface area (Å²) in [6.07, 6.45) is 7.61. The highest BCUT2D eigenvalue weighted by Crippen LogP contribution is 2.25. The molecule has 1 saturated carbocycles. The molecule has 1 saturated heterocycles. The van der Waals surface area contributed by atoms with Gasteiger partial charge in [-0.15, -0.1) is 0 Å². The number of likely N-dealkylation sites (tertiary alicyclic amines) is 1. The van der Waals surface area contributed by atoms with Gasteiger partial charge in [-0.05, 0) is 44.1 Å². The van der Waals surface area contributed by atoms with Gasteiger partial charge in [0.25, 0.3) is 0 Å². The lowest BCUT2D eigenvalue weighted by atomic mass is 9.91. The molecule has 0 aromatic heterocycles. The maximum Gasteiger partial charge on any atom is 0.216 e. The van der Waals surface area contributed by atoms with E-state index in [-0.39, 0.29) is 12.5 Å². The number of nitrogens with zero attached hydrogens (tertiary/aromatic N) is 1. The Morgan fingerprint density at radius 2 is 2.00 bits per heavy atom. The zero-order valence-electron chi connectivity index (χ0n) is 14.0. The van der Waals surface area contributed by atoms with Gasteiger partial charge in [0.1, 0.15) is 0 Å². The van der Waals surface area contributed by atoms with E-state index in [1.807, 2.05) is 0 Å². The third-order valence-electron chi connectivity index (χ3n) is 5.12. The summed E-state index contributed by atoms with van der Waals surface area (Å²) in [5, 5.41) is 15.9. The number of hydrogen-bond acceptors (Lipinski definition) is 4. The van der Waals surface area contributed by atoms with Gasteiger partial charge in [-0.3, -0.25) is 9.69 Å². The van der Waals surface area contributed by atoms with Crippen molar-refractivity contribution in [1.82, 2.24) is 15.5 Å². The zero-order valence-corrected chi connectivity index (χ0v) is 14.0. The maximum absolute atomic E-state index is 11.0. The lowest BCUT2D eigenvalue weighted by molar-refractivity contribution is -0.119. The molecule has 2 aliphatic rings. The van der Waals surface area contributed by atoms with Crippen LogP contribution in [-0.2, 0) is 4.79 Å². The first kappa shape index (κ1) is 17.7. The monoisotopic (exact) mass is 311 g/mol. The number of carbonyl (C=O) groups is 1. The Hall–Kier alpha value is -0.650. The SMILES string of the molecule is CC(=O)NCCN1CC(CCO)CC(NCC2CCCC2)C1. The van der Waals surface area contributed by atoms with E-state index in [0.717, 1.165) is 45.1 Å². The Bertz CT molecular complexity index is 332. The van der Waals surface area contributed by atoms with Crippen molar-refractivity contribution >= 4 is 5.91 Å². The van der Waals surface area contributed by atoms with Crippen molar-refractivity contribution in [2.75, 3.05) is 39.3 Å². The normalized spacial score (nSPS) is 27.2. The number of aliphatic hydroxyl groups excluding tert-OH is 1. The standard InChI is InChI=1S/C17H33N3O2/c1-14(22)18-7-8-20-12-16(6-9-21)10-17(13-20)19-11-15-4-2-3-5-15/h15-17,19,21H,2-13H2,1H3,(H,18,22). The molecule has 1 aliphatic carbocycles. The second kappa shape index (κ2) is 9.48. The molecular weight excluding hydrogens is 278 g/mol. The Morgan fingerprint density at radius 3 is 2.68 bits per heavy atom. The van der Waals surface area contributed by atoms with Gasteiger partial charge in [0.05, 0.1) is 0 Å². The van der Waals surface area contributed by atoms with E-state index in [2.05, 4.69) is 15.5 Å². The van der Waals surface area contributed by atoms with Crippen molar-refractivity contribution in [3.63, 3.8) is 0 Å². The largest absolute Gasteiger partial charge is 0.396 e. The van der Waals surface area contributed by atoms with Crippen LogP contribution in [0.3, 0.4) is 0 Å². The summed E-state index contributed by atoms with van der Waals surface area (Å²) in [6.45, 7) is 6.72. The number of carbonyl (C=O) groups excluding carboxylic acids is 1. The molecule has 2 fully saturated rings. The highest BCUT2D eigenvalue weighted by atomic mass is 16.3. The average molecular weight is 311 g/mol. The highest BCUT2D eigenvalue weighted by Gasteiger charge is 2.27. The predicted octanol–water partition coefficient (Wildman–Crippen LogP) is 0.975. The van der Waals surface area contributed by atoms with Crippen molar-refractivity contribution in [1.29, 1.82) is 0 Å². The molecule has 22 heavy (non-hydrogen) atoms. The summed E-state index contributed by atoms with van der Waals surface area (Å²) >= 11 is 0. The molecule has 1 heterocycles. The second-order valence-electron chi connectivity index (χ2n) is 7.11. The molecular formula is C17H33N3O2. The van der Waals surface area contributed by atoms with Crippen molar-refractivity contribution in [2.45, 2.75) is 51.5 Å². The molecule has 0 aromatic rings. The fourth-order valence-electron chi connectivity index (χ4n) is 3.96. The van der Waals surface area contributed by atoms with Crippen LogP contribution in [0.2, 0.25) is 0 Å². The van der Waals surface area contributed by atoms with Crippen molar-refractivity contribution in [2.24, 2.45) is 11.8 Å². The van der Waals surface area contributed by atoms with E-state index < -0.39 is 0 Å². The van der Waals surface area contributed by atoms with Crippen LogP contribution in [0.1, 0.15) is 45.4 Å². The molecule has 128 valence electrons. The molecule has 5 nitrogen and oxygen atoms in total. The lowest BCUT2D eigenvalue weighted by Crippen LogP contribution is -2.51. The van der Waals surface area contributed by atoms with Gasteiger partial charge in [-0.1, -0.05) is 12.8 Å². The fraction of sp³-hybridized carbons (Fsp3) is 0.941. The summed E-state index contributed by atoms with van der Waals surface area (Å²) in [7, 11) is 0. The number of nitrogens with one attached hydrogen (secondary N) is 2. The number of piperidine rings is 1. The van der Waals surface area contributed by atoms with Gasteiger partial charge in [-0.25, -0.2) is 0 Å². The van der Waals surface area contributed by atoms with Gasteiger partial charge in [-0.2, -0.15) is 0 Å². The minimum atomic E-state index is 0.0415. The zero-order chi connectivity index (χ0) is 15.8. The summed E-state index contributed by atoms with van der Waals surface area (Å²) in [5.74, 6) is 1.48. The quantitative estimate of drug-likeness (QED) is 0.625. The van der Waals surface area contributed by atoms with Crippen LogP contribution in [-0.4, -0.2) is 61.3 Å². The predicted molar refractivity (Wildman–Crippen MR) is 88.7 cm³/mol. The highest BCUT2D eigenvalue weighted by molar-refractivity contribution is 5.72. The molecule has 2 atom stereocenters. The Morgan fingerprint density at radius 1 is 1.23 bits per heavy atom. The minimum absolute atomic E-state index is 0.0415. The third kappa shape index (κ3) is 6.23. The fourth-order valence-corrected chi connectivity index (χ4v) is 3.96. The van der Waals surface area contributed by atoms with E-state index in [1.165, 1.54) is 32.1 Å². The number of aliphatic hydroxyl groups is 1. The molecule has 2 unspecified atom stereocenters. The van der Waals surface area contributed by atoms with Gasteiger partial charge in [0, 0.05) is 45.8 Å². The molecule has 1 amide bonds. The minimum Gasteiger partial charge on any atom is -0.396 e. The van der Waals surface area contributed by atoms with Crippen LogP contribution in [0.25, 0.3) is 0 Å². The molecule has 0 bridgehead atoms. The number of rotatable bonds is 8. The van der Waals surface area contributed by atoms with Crippen molar-refractivity contribution in [3.05, 3.63) is 0 Å².